The van der Waals surface area contributed by atoms with Crippen LogP contribution < -0.4 is 11.2 Å². The summed E-state index contributed by atoms with van der Waals surface area (Å²) in [4.78, 5) is 27.1. The quantitative estimate of drug-likeness (QED) is 0.710. The van der Waals surface area contributed by atoms with E-state index in [0.29, 0.717) is 0 Å². The lowest BCUT2D eigenvalue weighted by Gasteiger charge is -2.25. The summed E-state index contributed by atoms with van der Waals surface area (Å²) < 4.78 is 6.76. The molecule has 0 spiro atoms. The van der Waals surface area contributed by atoms with Gasteiger partial charge in [0.05, 0.1) is 18.3 Å². The number of aromatic nitrogens is 2. The van der Waals surface area contributed by atoms with Crippen molar-refractivity contribution in [1.82, 2.24) is 9.55 Å². The molecule has 1 fully saturated rings. The molecule has 1 aliphatic rings. The Bertz CT molecular complexity index is 637. The molecular weight excluding hydrogens is 332 g/mol. The van der Waals surface area contributed by atoms with Crippen LogP contribution in [0.2, 0.25) is 0 Å². The highest BCUT2D eigenvalue weighted by molar-refractivity contribution is 9.11. The van der Waals surface area contributed by atoms with E-state index in [-0.39, 0.29) is 18.6 Å². The monoisotopic (exact) mass is 346 g/mol. The number of hydrogen-bond donors (Lipinski definition) is 3. The maximum Gasteiger partial charge on any atom is 0.330 e. The molecule has 0 amide bonds. The summed E-state index contributed by atoms with van der Waals surface area (Å²) in [5.74, 6) is 0. The maximum absolute atomic E-state index is 11.8. The molecule has 20 heavy (non-hydrogen) atoms. The summed E-state index contributed by atoms with van der Waals surface area (Å²) in [6, 6.07) is 0. The molecule has 110 valence electrons. The van der Waals surface area contributed by atoms with Gasteiger partial charge in [-0.15, -0.1) is 0 Å². The summed E-state index contributed by atoms with van der Waals surface area (Å²) >= 11 is 3.06. The maximum atomic E-state index is 11.8. The minimum absolute atomic E-state index is 0.153. The first kappa shape index (κ1) is 15.2. The molecule has 1 aromatic heterocycles. The van der Waals surface area contributed by atoms with Gasteiger partial charge < -0.3 is 14.9 Å². The van der Waals surface area contributed by atoms with Crippen molar-refractivity contribution < 1.29 is 14.9 Å². The van der Waals surface area contributed by atoms with Crippen molar-refractivity contribution in [3.63, 3.8) is 0 Å². The van der Waals surface area contributed by atoms with Crippen molar-refractivity contribution in [2.24, 2.45) is 0 Å². The van der Waals surface area contributed by atoms with E-state index in [1.165, 1.54) is 21.8 Å². The zero-order valence-corrected chi connectivity index (χ0v) is 12.3. The van der Waals surface area contributed by atoms with Gasteiger partial charge in [-0.25, -0.2) is 4.79 Å². The van der Waals surface area contributed by atoms with Crippen molar-refractivity contribution in [1.29, 1.82) is 0 Å². The minimum Gasteiger partial charge on any atom is -0.393 e. The van der Waals surface area contributed by atoms with Crippen LogP contribution in [0.4, 0.5) is 0 Å². The molecule has 2 rings (SSSR count). The average molecular weight is 347 g/mol. The molecule has 0 bridgehead atoms. The molecule has 0 aliphatic carbocycles. The van der Waals surface area contributed by atoms with Gasteiger partial charge in [-0.05, 0) is 18.0 Å². The minimum atomic E-state index is -1.12. The van der Waals surface area contributed by atoms with Gasteiger partial charge >= 0.3 is 5.69 Å². The van der Waals surface area contributed by atoms with Crippen LogP contribution in [-0.2, 0) is 4.74 Å². The Morgan fingerprint density at radius 3 is 2.90 bits per heavy atom. The Balaban J connectivity index is 2.42. The highest BCUT2D eigenvalue weighted by Gasteiger charge is 2.45. The van der Waals surface area contributed by atoms with Crippen molar-refractivity contribution in [3.05, 3.63) is 37.6 Å². The van der Waals surface area contributed by atoms with E-state index >= 15 is 0 Å². The van der Waals surface area contributed by atoms with Gasteiger partial charge in [-0.2, -0.15) is 0 Å². The number of H-pyrrole nitrogens is 1. The summed E-state index contributed by atoms with van der Waals surface area (Å²) in [7, 11) is 0. The van der Waals surface area contributed by atoms with Crippen LogP contribution in [0.3, 0.4) is 0 Å². The first-order valence-corrected chi connectivity index (χ1v) is 6.92. The zero-order valence-electron chi connectivity index (χ0n) is 10.7. The number of rotatable bonds is 3. The number of halogens is 1. The molecule has 1 aliphatic heterocycles. The van der Waals surface area contributed by atoms with Crippen LogP contribution in [0, 0.1) is 0 Å². The summed E-state index contributed by atoms with van der Waals surface area (Å²) in [5, 5.41) is 19.2. The average Bonchev–Trinajstić information content (AvgIpc) is 2.70. The van der Waals surface area contributed by atoms with Gasteiger partial charge in [-0.3, -0.25) is 14.3 Å². The lowest BCUT2D eigenvalue weighted by Crippen LogP contribution is -2.40. The van der Waals surface area contributed by atoms with Gasteiger partial charge in [0, 0.05) is 12.6 Å². The number of hydrogen-bond acceptors (Lipinski definition) is 5. The van der Waals surface area contributed by atoms with Crippen LogP contribution in [0.5, 0.6) is 0 Å². The first-order valence-electron chi connectivity index (χ1n) is 6.00. The predicted molar refractivity (Wildman–Crippen MR) is 75.5 cm³/mol. The highest BCUT2D eigenvalue weighted by atomic mass is 79.9. The molecular formula is C12H15BrN2O5. The van der Waals surface area contributed by atoms with Gasteiger partial charge in [0.1, 0.15) is 11.8 Å². The molecule has 0 aromatic carbocycles. The Labute approximate surface area is 122 Å². The van der Waals surface area contributed by atoms with Gasteiger partial charge in [0.25, 0.3) is 5.56 Å². The van der Waals surface area contributed by atoms with Crippen molar-refractivity contribution in [2.45, 2.75) is 31.3 Å². The molecule has 1 saturated heterocycles. The Morgan fingerprint density at radius 2 is 2.35 bits per heavy atom. The Morgan fingerprint density at radius 1 is 1.65 bits per heavy atom. The van der Waals surface area contributed by atoms with E-state index in [9.17, 15) is 19.8 Å². The molecule has 8 heteroatoms. The third-order valence-electron chi connectivity index (χ3n) is 3.40. The molecule has 1 unspecified atom stereocenters. The van der Waals surface area contributed by atoms with Gasteiger partial charge in [-0.1, -0.05) is 15.9 Å². The standard InChI is InChI=1S/C12H15BrN2O5/c1-12(6-16)8(17)4-9(20-12)15-5-7(2-3-13)10(18)14-11(15)19/h2-3,5,8-9,16-17H,4,6H2,1H3,(H,14,18,19)/b3-2+/t8-,9+,12?/m0/s1. The van der Waals surface area contributed by atoms with Gasteiger partial charge in [0.2, 0.25) is 0 Å². The van der Waals surface area contributed by atoms with Crippen LogP contribution in [0.1, 0.15) is 25.1 Å². The SMILES string of the molecule is CC1(CO)O[C@@H](n2cc(/C=C/Br)c(=O)[nH]c2=O)C[C@@H]1O. The third kappa shape index (κ3) is 2.64. The molecule has 7 nitrogen and oxygen atoms in total. The molecule has 0 radical (unpaired) electrons. The number of nitrogens with zero attached hydrogens (tertiary/aromatic N) is 1. The van der Waals surface area contributed by atoms with E-state index in [0.717, 1.165) is 0 Å². The van der Waals surface area contributed by atoms with Crippen LogP contribution in [-0.4, -0.2) is 38.1 Å². The second-order valence-corrected chi connectivity index (χ2v) is 5.37. The molecule has 2 heterocycles. The van der Waals surface area contributed by atoms with E-state index in [4.69, 9.17) is 4.74 Å². The third-order valence-corrected chi connectivity index (χ3v) is 3.66. The lowest BCUT2D eigenvalue weighted by atomic mass is 10.0. The number of ether oxygens (including phenoxy) is 1. The van der Waals surface area contributed by atoms with E-state index in [1.807, 2.05) is 0 Å². The zero-order chi connectivity index (χ0) is 14.9. The number of aromatic amines is 1. The first-order chi connectivity index (χ1) is 9.41. The topological polar surface area (TPSA) is 105 Å². The van der Waals surface area contributed by atoms with Crippen LogP contribution in [0.15, 0.2) is 20.8 Å². The fraction of sp³-hybridized carbons (Fsp3) is 0.500. The molecule has 3 atom stereocenters. The Kier molecular flexibility index (Phi) is 4.28. The normalized spacial score (nSPS) is 30.2. The smallest absolute Gasteiger partial charge is 0.330 e. The molecule has 0 saturated carbocycles. The van der Waals surface area contributed by atoms with E-state index in [1.54, 1.807) is 6.92 Å². The molecule has 3 N–H and O–H groups in total. The van der Waals surface area contributed by atoms with E-state index in [2.05, 4.69) is 20.9 Å². The van der Waals surface area contributed by atoms with Gasteiger partial charge in [0.15, 0.2) is 0 Å². The largest absolute Gasteiger partial charge is 0.393 e. The number of aliphatic hydroxyl groups excluding tert-OH is 2. The lowest BCUT2D eigenvalue weighted by molar-refractivity contribution is -0.116. The predicted octanol–water partition coefficient (Wildman–Crippen LogP) is -0.0670. The summed E-state index contributed by atoms with van der Waals surface area (Å²) in [5.41, 5.74) is -1.98. The Hall–Kier alpha value is -1.22. The highest BCUT2D eigenvalue weighted by Crippen LogP contribution is 2.35. The second-order valence-electron chi connectivity index (χ2n) is 4.84. The van der Waals surface area contributed by atoms with Crippen molar-refractivity contribution in [2.75, 3.05) is 6.61 Å². The van der Waals surface area contributed by atoms with E-state index < -0.39 is 29.2 Å². The fourth-order valence-electron chi connectivity index (χ4n) is 2.09. The molecule has 1 aromatic rings. The van der Waals surface area contributed by atoms with Crippen LogP contribution in [0.25, 0.3) is 6.08 Å². The fourth-order valence-corrected chi connectivity index (χ4v) is 2.38. The van der Waals surface area contributed by atoms with Crippen molar-refractivity contribution in [3.8, 4) is 0 Å². The second kappa shape index (κ2) is 5.65. The summed E-state index contributed by atoms with van der Waals surface area (Å²) in [6.45, 7) is 1.20. The number of aliphatic hydroxyl groups is 2. The number of nitrogens with one attached hydrogen (secondary N) is 1. The summed E-state index contributed by atoms with van der Waals surface area (Å²) in [6.07, 6.45) is 1.37. The van der Waals surface area contributed by atoms with Crippen molar-refractivity contribution >= 4 is 22.0 Å². The van der Waals surface area contributed by atoms with Crippen LogP contribution >= 0.6 is 15.9 Å².